The molecule has 3 rings (SSSR count). The van der Waals surface area contributed by atoms with E-state index in [0.717, 1.165) is 22.6 Å². The molecule has 136 valence electrons. The van der Waals surface area contributed by atoms with Gasteiger partial charge in [-0.2, -0.15) is 21.6 Å². The second kappa shape index (κ2) is 8.02. The van der Waals surface area contributed by atoms with Crippen LogP contribution in [0.2, 0.25) is 0 Å². The van der Waals surface area contributed by atoms with E-state index in [4.69, 9.17) is 13.0 Å². The van der Waals surface area contributed by atoms with Gasteiger partial charge in [0.15, 0.2) is 0 Å². The molecule has 0 aliphatic rings. The summed E-state index contributed by atoms with van der Waals surface area (Å²) < 4.78 is 57.5. The van der Waals surface area contributed by atoms with Crippen LogP contribution in [0.4, 0.5) is 13.2 Å². The van der Waals surface area contributed by atoms with E-state index < -0.39 is 15.6 Å². The molecule has 0 saturated carbocycles. The van der Waals surface area contributed by atoms with Crippen LogP contribution in [0.1, 0.15) is 0 Å². The number of aromatic nitrogens is 3. The highest BCUT2D eigenvalue weighted by atomic mass is 32.2. The highest BCUT2D eigenvalue weighted by Gasteiger charge is 2.44. The van der Waals surface area contributed by atoms with E-state index in [1.54, 1.807) is 18.6 Å². The van der Waals surface area contributed by atoms with Gasteiger partial charge in [0.05, 0.1) is 17.1 Å². The fraction of sp³-hybridized carbons (Fsp3) is 0.0625. The Morgan fingerprint density at radius 2 is 1.27 bits per heavy atom. The molecule has 3 heterocycles. The molecule has 0 fully saturated rings. The Labute approximate surface area is 147 Å². The third kappa shape index (κ3) is 5.07. The molecule has 0 saturated heterocycles. The number of halogens is 3. The number of hydrogen-bond donors (Lipinski definition) is 1. The van der Waals surface area contributed by atoms with Gasteiger partial charge in [0.1, 0.15) is 0 Å². The predicted octanol–water partition coefficient (Wildman–Crippen LogP) is 3.60. The van der Waals surface area contributed by atoms with E-state index in [-0.39, 0.29) is 0 Å². The van der Waals surface area contributed by atoms with E-state index in [1.165, 1.54) is 0 Å². The van der Waals surface area contributed by atoms with Crippen LogP contribution in [-0.4, -0.2) is 33.4 Å². The van der Waals surface area contributed by atoms with Crippen LogP contribution in [0.5, 0.6) is 0 Å². The van der Waals surface area contributed by atoms with Gasteiger partial charge in [0, 0.05) is 24.2 Å². The van der Waals surface area contributed by atoms with Crippen molar-refractivity contribution in [1.82, 2.24) is 15.0 Å². The molecule has 0 amide bonds. The lowest BCUT2D eigenvalue weighted by Gasteiger charge is -2.06. The Morgan fingerprint density at radius 1 is 0.769 bits per heavy atom. The average molecular weight is 383 g/mol. The summed E-state index contributed by atoms with van der Waals surface area (Å²) in [4.78, 5) is 13.1. The lowest BCUT2D eigenvalue weighted by molar-refractivity contribution is -0.0510. The van der Waals surface area contributed by atoms with Crippen molar-refractivity contribution in [3.8, 4) is 22.6 Å². The van der Waals surface area contributed by atoms with E-state index in [0.29, 0.717) is 0 Å². The molecule has 0 aliphatic heterocycles. The van der Waals surface area contributed by atoms with Crippen LogP contribution < -0.4 is 0 Å². The Balaban J connectivity index is 0.000000260. The first-order valence-corrected chi connectivity index (χ1v) is 8.46. The molecule has 0 aliphatic carbocycles. The molecule has 10 heteroatoms. The van der Waals surface area contributed by atoms with Gasteiger partial charge >= 0.3 is 15.6 Å². The molecule has 3 aromatic heterocycles. The van der Waals surface area contributed by atoms with Gasteiger partial charge in [0.2, 0.25) is 0 Å². The fourth-order valence-corrected chi connectivity index (χ4v) is 1.84. The molecule has 3 aromatic rings. The van der Waals surface area contributed by atoms with E-state index in [9.17, 15) is 13.2 Å². The molecule has 0 atom stereocenters. The molecular weight excluding hydrogens is 371 g/mol. The average Bonchev–Trinajstić information content (AvgIpc) is 2.62. The highest BCUT2D eigenvalue weighted by molar-refractivity contribution is 7.86. The van der Waals surface area contributed by atoms with Crippen molar-refractivity contribution in [2.75, 3.05) is 0 Å². The summed E-state index contributed by atoms with van der Waals surface area (Å²) in [5.41, 5.74) is -1.91. The standard InChI is InChI=1S/C15H11N3.CHF3O3S/c1-3-9-16-13(7-1)12-6-5-11-18-15(12)14-8-2-4-10-17-14;2-1(3,4)8(5,6)7/h1-11H;(H,5,6,7). The quantitative estimate of drug-likeness (QED) is 0.537. The number of nitrogens with zero attached hydrogens (tertiary/aromatic N) is 3. The van der Waals surface area contributed by atoms with Crippen LogP contribution in [0.15, 0.2) is 67.1 Å². The first-order chi connectivity index (χ1) is 12.2. The van der Waals surface area contributed by atoms with Crippen LogP contribution in [0, 0.1) is 0 Å². The number of alkyl halides is 3. The molecule has 6 nitrogen and oxygen atoms in total. The van der Waals surface area contributed by atoms with Crippen molar-refractivity contribution in [3.05, 3.63) is 67.1 Å². The van der Waals surface area contributed by atoms with Crippen molar-refractivity contribution in [1.29, 1.82) is 0 Å². The maximum absolute atomic E-state index is 10.7. The van der Waals surface area contributed by atoms with Gasteiger partial charge in [-0.1, -0.05) is 12.1 Å². The number of pyridine rings is 3. The van der Waals surface area contributed by atoms with Gasteiger partial charge in [-0.25, -0.2) is 0 Å². The zero-order valence-corrected chi connectivity index (χ0v) is 13.8. The fourth-order valence-electron chi connectivity index (χ4n) is 1.84. The Morgan fingerprint density at radius 3 is 1.73 bits per heavy atom. The highest BCUT2D eigenvalue weighted by Crippen LogP contribution is 2.26. The van der Waals surface area contributed by atoms with Crippen LogP contribution in [0.25, 0.3) is 22.6 Å². The van der Waals surface area contributed by atoms with E-state index in [2.05, 4.69) is 15.0 Å². The number of hydrogen-bond acceptors (Lipinski definition) is 5. The third-order valence-electron chi connectivity index (χ3n) is 2.95. The van der Waals surface area contributed by atoms with Crippen molar-refractivity contribution < 1.29 is 26.1 Å². The first kappa shape index (κ1) is 19.5. The maximum atomic E-state index is 10.7. The molecule has 0 bridgehead atoms. The molecule has 0 unspecified atom stereocenters. The molecular formula is C16H12F3N3O3S. The number of rotatable bonds is 2. The zero-order valence-electron chi connectivity index (χ0n) is 13.0. The Bertz CT molecular complexity index is 892. The van der Waals surface area contributed by atoms with Gasteiger partial charge in [0.25, 0.3) is 0 Å². The Kier molecular flexibility index (Phi) is 6.01. The minimum absolute atomic E-state index is 0.858. The Hall–Kier alpha value is -2.85. The topological polar surface area (TPSA) is 93.0 Å². The molecule has 0 spiro atoms. The minimum atomic E-state index is -5.84. The predicted molar refractivity (Wildman–Crippen MR) is 88.3 cm³/mol. The van der Waals surface area contributed by atoms with E-state index in [1.807, 2.05) is 48.5 Å². The first-order valence-electron chi connectivity index (χ1n) is 7.02. The van der Waals surface area contributed by atoms with Crippen LogP contribution >= 0.6 is 0 Å². The third-order valence-corrected chi connectivity index (χ3v) is 3.53. The smallest absolute Gasteiger partial charge is 0.279 e. The van der Waals surface area contributed by atoms with Crippen molar-refractivity contribution >= 4 is 10.1 Å². The van der Waals surface area contributed by atoms with Crippen molar-refractivity contribution in [2.45, 2.75) is 5.51 Å². The van der Waals surface area contributed by atoms with Crippen molar-refractivity contribution in [3.63, 3.8) is 0 Å². The van der Waals surface area contributed by atoms with Gasteiger partial charge in [-0.05, 0) is 36.4 Å². The lowest BCUT2D eigenvalue weighted by Crippen LogP contribution is -2.21. The van der Waals surface area contributed by atoms with Gasteiger partial charge in [-0.15, -0.1) is 0 Å². The summed E-state index contributed by atoms with van der Waals surface area (Å²) in [6, 6.07) is 15.6. The molecule has 0 radical (unpaired) electrons. The summed E-state index contributed by atoms with van der Waals surface area (Å²) in [7, 11) is -5.84. The summed E-state index contributed by atoms with van der Waals surface area (Å²) in [5, 5.41) is 0. The minimum Gasteiger partial charge on any atom is -0.279 e. The lowest BCUT2D eigenvalue weighted by atomic mass is 10.1. The zero-order chi connectivity index (χ0) is 19.2. The summed E-state index contributed by atoms with van der Waals surface area (Å²) in [6.07, 6.45) is 5.33. The summed E-state index contributed by atoms with van der Waals surface area (Å²) >= 11 is 0. The normalized spacial score (nSPS) is 11.4. The summed E-state index contributed by atoms with van der Waals surface area (Å²) in [5.74, 6) is 0. The molecule has 26 heavy (non-hydrogen) atoms. The molecule has 0 aromatic carbocycles. The second-order valence-electron chi connectivity index (χ2n) is 4.75. The van der Waals surface area contributed by atoms with E-state index >= 15 is 0 Å². The second-order valence-corrected chi connectivity index (χ2v) is 6.16. The van der Waals surface area contributed by atoms with Gasteiger partial charge < -0.3 is 0 Å². The van der Waals surface area contributed by atoms with Crippen LogP contribution in [0.3, 0.4) is 0 Å². The maximum Gasteiger partial charge on any atom is 0.522 e. The SMILES string of the molecule is O=S(=O)(O)C(F)(F)F.c1ccc(-c2cccnc2-c2ccccn2)nc1. The summed E-state index contributed by atoms with van der Waals surface area (Å²) in [6.45, 7) is 0. The van der Waals surface area contributed by atoms with Crippen molar-refractivity contribution in [2.24, 2.45) is 0 Å². The van der Waals surface area contributed by atoms with Gasteiger partial charge in [-0.3, -0.25) is 19.5 Å². The largest absolute Gasteiger partial charge is 0.522 e. The molecule has 1 N–H and O–H groups in total. The monoisotopic (exact) mass is 383 g/mol. The van der Waals surface area contributed by atoms with Crippen LogP contribution in [-0.2, 0) is 10.1 Å².